The molecule has 0 N–H and O–H groups in total. The molecule has 4 heteroatoms. The summed E-state index contributed by atoms with van der Waals surface area (Å²) in [6.45, 7) is 0. The summed E-state index contributed by atoms with van der Waals surface area (Å²) in [7, 11) is 2.28. The number of hydrogen-bond donors (Lipinski definition) is 0. The third-order valence-electron chi connectivity index (χ3n) is 5.14. The highest BCUT2D eigenvalue weighted by molar-refractivity contribution is 9.10. The van der Waals surface area contributed by atoms with Gasteiger partial charge in [-0.1, -0.05) is 6.07 Å². The fourth-order valence-electron chi connectivity index (χ4n) is 4.03. The van der Waals surface area contributed by atoms with E-state index in [2.05, 4.69) is 50.0 Å². The zero-order chi connectivity index (χ0) is 14.4. The lowest BCUT2D eigenvalue weighted by atomic mass is 9.84. The molecule has 2 aromatic heterocycles. The van der Waals surface area contributed by atoms with Crippen LogP contribution in [0.2, 0.25) is 0 Å². The van der Waals surface area contributed by atoms with Gasteiger partial charge in [0.25, 0.3) is 0 Å². The van der Waals surface area contributed by atoms with E-state index in [1.807, 2.05) is 18.5 Å². The van der Waals surface area contributed by atoms with Crippen molar-refractivity contribution >= 4 is 15.9 Å². The fraction of sp³-hybridized carbons (Fsp3) is 0.412. The molecule has 0 spiro atoms. The summed E-state index contributed by atoms with van der Waals surface area (Å²) < 4.78 is 0.883. The second-order valence-corrected chi connectivity index (χ2v) is 6.91. The smallest absolute Gasteiger partial charge is 0.113 e. The van der Waals surface area contributed by atoms with Crippen LogP contribution >= 0.6 is 15.9 Å². The monoisotopic (exact) mass is 343 g/mol. The molecule has 0 saturated carbocycles. The van der Waals surface area contributed by atoms with Crippen LogP contribution in [-0.4, -0.2) is 34.0 Å². The standard InChI is InChI=1S/C17H18BrN3/c1-21-13-4-5-16(21)15(8-13)12-7-11(9-19-10-12)14-3-2-6-20-17(14)18/h2-3,6-7,9-10,13,15-16H,4-5,8H2,1H3. The lowest BCUT2D eigenvalue weighted by molar-refractivity contribution is 0.307. The Morgan fingerprint density at radius 2 is 2.19 bits per heavy atom. The number of aromatic nitrogens is 2. The van der Waals surface area contributed by atoms with E-state index in [1.165, 1.54) is 24.8 Å². The molecule has 2 aromatic rings. The van der Waals surface area contributed by atoms with Crippen molar-refractivity contribution in [2.45, 2.75) is 37.3 Å². The molecule has 2 aliphatic heterocycles. The SMILES string of the molecule is CN1C2CCC1C(c1cncc(-c3cccnc3Br)c1)C2. The summed E-state index contributed by atoms with van der Waals surface area (Å²) in [6, 6.07) is 7.83. The predicted octanol–water partition coefficient (Wildman–Crippen LogP) is 3.86. The van der Waals surface area contributed by atoms with Crippen LogP contribution in [-0.2, 0) is 0 Å². The molecule has 0 aliphatic carbocycles. The molecule has 0 amide bonds. The zero-order valence-corrected chi connectivity index (χ0v) is 13.6. The van der Waals surface area contributed by atoms with Gasteiger partial charge in [0.15, 0.2) is 0 Å². The van der Waals surface area contributed by atoms with Crippen LogP contribution in [0, 0.1) is 0 Å². The van der Waals surface area contributed by atoms with Crippen LogP contribution < -0.4 is 0 Å². The minimum Gasteiger partial charge on any atom is -0.300 e. The van der Waals surface area contributed by atoms with Crippen molar-refractivity contribution in [2.75, 3.05) is 7.05 Å². The van der Waals surface area contributed by atoms with Crippen molar-refractivity contribution in [3.05, 3.63) is 47.0 Å². The highest BCUT2D eigenvalue weighted by atomic mass is 79.9. The van der Waals surface area contributed by atoms with E-state index < -0.39 is 0 Å². The first-order chi connectivity index (χ1) is 10.2. The molecule has 2 bridgehead atoms. The van der Waals surface area contributed by atoms with Crippen molar-refractivity contribution in [3.8, 4) is 11.1 Å². The van der Waals surface area contributed by atoms with Crippen LogP contribution in [0.4, 0.5) is 0 Å². The van der Waals surface area contributed by atoms with Gasteiger partial charge in [-0.3, -0.25) is 9.88 Å². The number of rotatable bonds is 2. The third-order valence-corrected chi connectivity index (χ3v) is 5.77. The van der Waals surface area contributed by atoms with Gasteiger partial charge in [0.2, 0.25) is 0 Å². The third kappa shape index (κ3) is 2.21. The Bertz CT molecular complexity index is 673. The Labute approximate surface area is 133 Å². The van der Waals surface area contributed by atoms with E-state index in [0.717, 1.165) is 21.8 Å². The van der Waals surface area contributed by atoms with E-state index in [4.69, 9.17) is 0 Å². The maximum Gasteiger partial charge on any atom is 0.113 e. The van der Waals surface area contributed by atoms with Crippen molar-refractivity contribution in [2.24, 2.45) is 0 Å². The van der Waals surface area contributed by atoms with E-state index in [-0.39, 0.29) is 0 Å². The van der Waals surface area contributed by atoms with Gasteiger partial charge in [-0.15, -0.1) is 0 Å². The molecule has 0 radical (unpaired) electrons. The number of pyridine rings is 2. The topological polar surface area (TPSA) is 29.0 Å². The Morgan fingerprint density at radius 3 is 2.90 bits per heavy atom. The lowest BCUT2D eigenvalue weighted by Gasteiger charge is -2.22. The molecule has 3 unspecified atom stereocenters. The quantitative estimate of drug-likeness (QED) is 0.775. The van der Waals surface area contributed by atoms with Gasteiger partial charge in [0.05, 0.1) is 0 Å². The Kier molecular flexibility index (Phi) is 3.31. The van der Waals surface area contributed by atoms with Crippen LogP contribution in [0.5, 0.6) is 0 Å². The molecular weight excluding hydrogens is 326 g/mol. The minimum absolute atomic E-state index is 0.636. The van der Waals surface area contributed by atoms with Gasteiger partial charge in [-0.2, -0.15) is 0 Å². The second kappa shape index (κ2) is 5.18. The first-order valence-electron chi connectivity index (χ1n) is 7.52. The van der Waals surface area contributed by atoms with Gasteiger partial charge in [0, 0.05) is 47.7 Å². The van der Waals surface area contributed by atoms with Crippen LogP contribution in [0.3, 0.4) is 0 Å². The molecule has 21 heavy (non-hydrogen) atoms. The molecule has 2 saturated heterocycles. The highest BCUT2D eigenvalue weighted by Gasteiger charge is 2.44. The van der Waals surface area contributed by atoms with E-state index in [9.17, 15) is 0 Å². The fourth-order valence-corrected chi connectivity index (χ4v) is 4.51. The van der Waals surface area contributed by atoms with Crippen molar-refractivity contribution < 1.29 is 0 Å². The number of hydrogen-bond acceptors (Lipinski definition) is 3. The van der Waals surface area contributed by atoms with Gasteiger partial charge < -0.3 is 0 Å². The largest absolute Gasteiger partial charge is 0.300 e. The van der Waals surface area contributed by atoms with Crippen LogP contribution in [0.25, 0.3) is 11.1 Å². The zero-order valence-electron chi connectivity index (χ0n) is 12.0. The average molecular weight is 344 g/mol. The number of fused-ring (bicyclic) bond motifs is 2. The number of likely N-dealkylation sites (N-methyl/N-ethyl adjacent to an activating group) is 1. The van der Waals surface area contributed by atoms with Crippen molar-refractivity contribution in [1.82, 2.24) is 14.9 Å². The van der Waals surface area contributed by atoms with E-state index in [0.29, 0.717) is 12.0 Å². The molecule has 108 valence electrons. The molecule has 2 aliphatic rings. The van der Waals surface area contributed by atoms with Gasteiger partial charge >= 0.3 is 0 Å². The summed E-state index contributed by atoms with van der Waals surface area (Å²) in [5, 5.41) is 0. The maximum atomic E-state index is 4.49. The van der Waals surface area contributed by atoms with E-state index >= 15 is 0 Å². The van der Waals surface area contributed by atoms with Crippen LogP contribution in [0.1, 0.15) is 30.7 Å². The first-order valence-corrected chi connectivity index (χ1v) is 8.31. The summed E-state index contributed by atoms with van der Waals surface area (Å²) in [5.74, 6) is 0.636. The summed E-state index contributed by atoms with van der Waals surface area (Å²) in [4.78, 5) is 11.4. The van der Waals surface area contributed by atoms with Crippen LogP contribution in [0.15, 0.2) is 41.4 Å². The van der Waals surface area contributed by atoms with E-state index in [1.54, 1.807) is 6.20 Å². The van der Waals surface area contributed by atoms with Crippen molar-refractivity contribution in [3.63, 3.8) is 0 Å². The Hall–Kier alpha value is -1.26. The first kappa shape index (κ1) is 13.4. The molecule has 3 nitrogen and oxygen atoms in total. The maximum absolute atomic E-state index is 4.49. The molecular formula is C17H18BrN3. The average Bonchev–Trinajstić information content (AvgIpc) is 3.03. The second-order valence-electron chi connectivity index (χ2n) is 6.15. The highest BCUT2D eigenvalue weighted by Crippen LogP contribution is 2.46. The normalized spacial score (nSPS) is 28.2. The number of nitrogens with zero attached hydrogens (tertiary/aromatic N) is 3. The van der Waals surface area contributed by atoms with Gasteiger partial charge in [0.1, 0.15) is 4.60 Å². The lowest BCUT2D eigenvalue weighted by Crippen LogP contribution is -2.25. The molecule has 3 atom stereocenters. The summed E-state index contributed by atoms with van der Waals surface area (Å²) >= 11 is 3.54. The summed E-state index contributed by atoms with van der Waals surface area (Å²) in [6.07, 6.45) is 9.75. The molecule has 4 rings (SSSR count). The Balaban J connectivity index is 1.70. The predicted molar refractivity (Wildman–Crippen MR) is 87.1 cm³/mol. The van der Waals surface area contributed by atoms with Crippen molar-refractivity contribution in [1.29, 1.82) is 0 Å². The molecule has 2 fully saturated rings. The Morgan fingerprint density at radius 1 is 1.29 bits per heavy atom. The number of halogens is 1. The minimum atomic E-state index is 0.636. The molecule has 0 aromatic carbocycles. The molecule has 4 heterocycles. The summed E-state index contributed by atoms with van der Waals surface area (Å²) in [5.41, 5.74) is 3.64. The van der Waals surface area contributed by atoms with Gasteiger partial charge in [-0.25, -0.2) is 4.98 Å². The van der Waals surface area contributed by atoms with Gasteiger partial charge in [-0.05, 0) is 59.9 Å².